The first kappa shape index (κ1) is 14.7. The van der Waals surface area contributed by atoms with E-state index in [0.717, 1.165) is 33.2 Å². The molecule has 4 aromatic rings. The minimum absolute atomic E-state index is 0.234. The summed E-state index contributed by atoms with van der Waals surface area (Å²) >= 11 is 6.21. The molecule has 0 fully saturated rings. The summed E-state index contributed by atoms with van der Waals surface area (Å²) in [4.78, 5) is 4.56. The molecule has 1 aromatic heterocycles. The Kier molecular flexibility index (Phi) is 3.68. The van der Waals surface area contributed by atoms with Crippen LogP contribution in [0.5, 0.6) is 5.75 Å². The zero-order valence-corrected chi connectivity index (χ0v) is 13.5. The number of aromatic nitrogens is 1. The first-order valence-corrected chi connectivity index (χ1v) is 8.04. The van der Waals surface area contributed by atoms with Gasteiger partial charge in [0, 0.05) is 33.3 Å². The van der Waals surface area contributed by atoms with Gasteiger partial charge in [0.2, 0.25) is 0 Å². The van der Waals surface area contributed by atoms with Gasteiger partial charge in [-0.3, -0.25) is 4.98 Å². The average Bonchev–Trinajstić information content (AvgIpc) is 2.61. The van der Waals surface area contributed by atoms with Crippen LogP contribution in [0.25, 0.3) is 33.2 Å². The number of aromatic hydroxyl groups is 1. The van der Waals surface area contributed by atoms with Crippen LogP contribution in [0.4, 0.5) is 0 Å². The number of phenolic OH excluding ortho intramolecular Hbond substituents is 1. The van der Waals surface area contributed by atoms with Gasteiger partial charge in [-0.25, -0.2) is 0 Å². The maximum Gasteiger partial charge on any atom is 0.123 e. The van der Waals surface area contributed by atoms with Gasteiger partial charge in [0.05, 0.1) is 5.52 Å². The van der Waals surface area contributed by atoms with Gasteiger partial charge in [-0.2, -0.15) is 0 Å². The van der Waals surface area contributed by atoms with Gasteiger partial charge in [-0.05, 0) is 29.8 Å². The molecule has 0 aliphatic heterocycles. The molecule has 0 unspecified atom stereocenters. The standard InChI is InChI=1S/C21H14ClNO/c22-15-7-5-6-14(12-15)21-17-9-1-3-10-19(17)23-13-18(21)16-8-2-4-11-20(16)24/h1-13,24H. The number of para-hydroxylation sites is 2. The second-order valence-electron chi connectivity index (χ2n) is 5.59. The first-order valence-electron chi connectivity index (χ1n) is 7.66. The zero-order valence-electron chi connectivity index (χ0n) is 12.8. The molecule has 0 spiro atoms. The third kappa shape index (κ3) is 2.51. The molecule has 0 aliphatic rings. The summed E-state index contributed by atoms with van der Waals surface area (Å²) in [5.74, 6) is 0.234. The number of pyridine rings is 1. The molecular formula is C21H14ClNO. The van der Waals surface area contributed by atoms with Crippen LogP contribution >= 0.6 is 11.6 Å². The van der Waals surface area contributed by atoms with Gasteiger partial charge in [0.15, 0.2) is 0 Å². The Morgan fingerprint density at radius 2 is 1.58 bits per heavy atom. The van der Waals surface area contributed by atoms with E-state index in [-0.39, 0.29) is 5.75 Å². The smallest absolute Gasteiger partial charge is 0.123 e. The van der Waals surface area contributed by atoms with Crippen molar-refractivity contribution < 1.29 is 5.11 Å². The van der Waals surface area contributed by atoms with Gasteiger partial charge in [0.1, 0.15) is 5.75 Å². The number of benzene rings is 3. The van der Waals surface area contributed by atoms with E-state index in [1.54, 1.807) is 6.07 Å². The molecule has 1 heterocycles. The summed E-state index contributed by atoms with van der Waals surface area (Å²) in [7, 11) is 0. The van der Waals surface area contributed by atoms with Crippen molar-refractivity contribution in [2.24, 2.45) is 0 Å². The first-order chi connectivity index (χ1) is 11.7. The van der Waals surface area contributed by atoms with E-state index in [2.05, 4.69) is 4.98 Å². The van der Waals surface area contributed by atoms with Gasteiger partial charge >= 0.3 is 0 Å². The summed E-state index contributed by atoms with van der Waals surface area (Å²) in [5.41, 5.74) is 4.57. The Balaban J connectivity index is 2.11. The predicted octanol–water partition coefficient (Wildman–Crippen LogP) is 5.93. The van der Waals surface area contributed by atoms with Crippen molar-refractivity contribution >= 4 is 22.5 Å². The lowest BCUT2D eigenvalue weighted by Crippen LogP contribution is -1.91. The Morgan fingerprint density at radius 3 is 2.42 bits per heavy atom. The van der Waals surface area contributed by atoms with Crippen LogP contribution in [-0.4, -0.2) is 10.1 Å². The van der Waals surface area contributed by atoms with E-state index >= 15 is 0 Å². The summed E-state index contributed by atoms with van der Waals surface area (Å²) in [6.07, 6.45) is 1.81. The molecule has 0 radical (unpaired) electrons. The van der Waals surface area contributed by atoms with Crippen molar-refractivity contribution in [3.63, 3.8) is 0 Å². The number of halogens is 1. The Labute approximate surface area is 145 Å². The summed E-state index contributed by atoms with van der Waals surface area (Å²) in [6.45, 7) is 0. The molecule has 0 atom stereocenters. The Morgan fingerprint density at radius 1 is 0.792 bits per heavy atom. The van der Waals surface area contributed by atoms with Crippen LogP contribution in [0.15, 0.2) is 79.0 Å². The molecule has 3 heteroatoms. The van der Waals surface area contributed by atoms with Gasteiger partial charge in [-0.1, -0.05) is 60.1 Å². The Bertz CT molecular complexity index is 1040. The minimum Gasteiger partial charge on any atom is -0.507 e. The highest BCUT2D eigenvalue weighted by Gasteiger charge is 2.15. The number of rotatable bonds is 2. The lowest BCUT2D eigenvalue weighted by Gasteiger charge is -2.14. The SMILES string of the molecule is Oc1ccccc1-c1cnc2ccccc2c1-c1cccc(Cl)c1. The molecule has 0 saturated carbocycles. The van der Waals surface area contributed by atoms with Crippen molar-refractivity contribution in [3.8, 4) is 28.0 Å². The fourth-order valence-electron chi connectivity index (χ4n) is 3.00. The van der Waals surface area contributed by atoms with Gasteiger partial charge < -0.3 is 5.11 Å². The molecular weight excluding hydrogens is 318 g/mol. The second-order valence-corrected chi connectivity index (χ2v) is 6.03. The molecule has 3 aromatic carbocycles. The number of fused-ring (bicyclic) bond motifs is 1. The topological polar surface area (TPSA) is 33.1 Å². The third-order valence-corrected chi connectivity index (χ3v) is 4.32. The van der Waals surface area contributed by atoms with Crippen molar-refractivity contribution in [3.05, 3.63) is 84.0 Å². The van der Waals surface area contributed by atoms with Crippen molar-refractivity contribution in [1.29, 1.82) is 0 Å². The highest BCUT2D eigenvalue weighted by molar-refractivity contribution is 6.31. The van der Waals surface area contributed by atoms with E-state index in [9.17, 15) is 5.11 Å². The highest BCUT2D eigenvalue weighted by atomic mass is 35.5. The maximum atomic E-state index is 10.3. The van der Waals surface area contributed by atoms with Gasteiger partial charge in [0.25, 0.3) is 0 Å². The molecule has 2 nitrogen and oxygen atoms in total. The molecule has 0 saturated heterocycles. The maximum absolute atomic E-state index is 10.3. The quantitative estimate of drug-likeness (QED) is 0.494. The average molecular weight is 332 g/mol. The van der Waals surface area contributed by atoms with E-state index in [1.807, 2.05) is 72.9 Å². The normalized spacial score (nSPS) is 10.9. The lowest BCUT2D eigenvalue weighted by molar-refractivity contribution is 0.477. The summed E-state index contributed by atoms with van der Waals surface area (Å²) in [5, 5.41) is 12.0. The minimum atomic E-state index is 0.234. The molecule has 1 N–H and O–H groups in total. The number of phenols is 1. The fraction of sp³-hybridized carbons (Fsp3) is 0. The number of nitrogens with zero attached hydrogens (tertiary/aromatic N) is 1. The fourth-order valence-corrected chi connectivity index (χ4v) is 3.19. The van der Waals surface area contributed by atoms with E-state index in [4.69, 9.17) is 11.6 Å². The van der Waals surface area contributed by atoms with Crippen LogP contribution in [0.1, 0.15) is 0 Å². The van der Waals surface area contributed by atoms with E-state index in [0.29, 0.717) is 5.02 Å². The molecule has 116 valence electrons. The highest BCUT2D eigenvalue weighted by Crippen LogP contribution is 2.40. The van der Waals surface area contributed by atoms with Crippen molar-refractivity contribution in [2.75, 3.05) is 0 Å². The molecule has 4 rings (SSSR count). The molecule has 0 bridgehead atoms. The molecule has 0 aliphatic carbocycles. The largest absolute Gasteiger partial charge is 0.507 e. The second kappa shape index (κ2) is 5.99. The van der Waals surface area contributed by atoms with E-state index in [1.165, 1.54) is 0 Å². The van der Waals surface area contributed by atoms with Crippen molar-refractivity contribution in [1.82, 2.24) is 4.98 Å². The van der Waals surface area contributed by atoms with Gasteiger partial charge in [-0.15, -0.1) is 0 Å². The summed E-state index contributed by atoms with van der Waals surface area (Å²) < 4.78 is 0. The monoisotopic (exact) mass is 331 g/mol. The van der Waals surface area contributed by atoms with Crippen molar-refractivity contribution in [2.45, 2.75) is 0 Å². The predicted molar refractivity (Wildman–Crippen MR) is 99.3 cm³/mol. The number of hydrogen-bond donors (Lipinski definition) is 1. The summed E-state index contributed by atoms with van der Waals surface area (Å²) in [6, 6.07) is 23.0. The van der Waals surface area contributed by atoms with Crippen LogP contribution in [-0.2, 0) is 0 Å². The van der Waals surface area contributed by atoms with Crippen LogP contribution in [0, 0.1) is 0 Å². The molecule has 24 heavy (non-hydrogen) atoms. The lowest BCUT2D eigenvalue weighted by atomic mass is 9.92. The van der Waals surface area contributed by atoms with Crippen LogP contribution < -0.4 is 0 Å². The van der Waals surface area contributed by atoms with Crippen LogP contribution in [0.3, 0.4) is 0 Å². The molecule has 0 amide bonds. The van der Waals surface area contributed by atoms with E-state index < -0.39 is 0 Å². The third-order valence-electron chi connectivity index (χ3n) is 4.08. The zero-order chi connectivity index (χ0) is 16.5. The number of hydrogen-bond acceptors (Lipinski definition) is 2. The van der Waals surface area contributed by atoms with Crippen LogP contribution in [0.2, 0.25) is 5.02 Å². The Hall–Kier alpha value is -2.84.